The van der Waals surface area contributed by atoms with Crippen molar-refractivity contribution in [2.24, 2.45) is 0 Å². The highest BCUT2D eigenvalue weighted by Gasteiger charge is 2.03. The highest BCUT2D eigenvalue weighted by Crippen LogP contribution is 2.13. The van der Waals surface area contributed by atoms with Crippen molar-refractivity contribution in [3.63, 3.8) is 0 Å². The molecule has 0 aliphatic rings. The second kappa shape index (κ2) is 12.5. The van der Waals surface area contributed by atoms with Gasteiger partial charge in [-0.15, -0.1) is 0 Å². The molecule has 1 aromatic rings. The third kappa shape index (κ3) is 9.30. The molecule has 0 atom stereocenters. The Labute approximate surface area is 145 Å². The van der Waals surface area contributed by atoms with Crippen molar-refractivity contribution in [1.82, 2.24) is 5.32 Å². The van der Waals surface area contributed by atoms with Crippen molar-refractivity contribution in [2.45, 2.75) is 58.8 Å². The minimum atomic E-state index is -0.0497. The van der Waals surface area contributed by atoms with Gasteiger partial charge >= 0.3 is 0 Å². The SMILES string of the molecule is CCCCCCCNCC(=O)Nc1ccc(NC(=O)CCC)cc1. The van der Waals surface area contributed by atoms with Gasteiger partial charge in [0, 0.05) is 17.8 Å². The maximum absolute atomic E-state index is 11.9. The summed E-state index contributed by atoms with van der Waals surface area (Å²) in [6.45, 7) is 5.37. The van der Waals surface area contributed by atoms with Gasteiger partial charge in [0.25, 0.3) is 0 Å². The Morgan fingerprint density at radius 3 is 1.96 bits per heavy atom. The van der Waals surface area contributed by atoms with Crippen LogP contribution in [0.15, 0.2) is 24.3 Å². The lowest BCUT2D eigenvalue weighted by molar-refractivity contribution is -0.116. The fourth-order valence-electron chi connectivity index (χ4n) is 2.35. The average Bonchev–Trinajstić information content (AvgIpc) is 2.56. The molecule has 1 rings (SSSR count). The van der Waals surface area contributed by atoms with Crippen LogP contribution in [0.1, 0.15) is 58.8 Å². The molecule has 0 fully saturated rings. The third-order valence-corrected chi connectivity index (χ3v) is 3.67. The molecule has 0 saturated heterocycles. The van der Waals surface area contributed by atoms with Crippen LogP contribution < -0.4 is 16.0 Å². The first-order chi connectivity index (χ1) is 11.7. The third-order valence-electron chi connectivity index (χ3n) is 3.67. The van der Waals surface area contributed by atoms with Crippen molar-refractivity contribution in [1.29, 1.82) is 0 Å². The Kier molecular flexibility index (Phi) is 10.5. The molecule has 1 aromatic carbocycles. The van der Waals surface area contributed by atoms with Crippen molar-refractivity contribution in [2.75, 3.05) is 23.7 Å². The smallest absolute Gasteiger partial charge is 0.238 e. The molecule has 0 spiro atoms. The van der Waals surface area contributed by atoms with Crippen molar-refractivity contribution >= 4 is 23.2 Å². The van der Waals surface area contributed by atoms with Gasteiger partial charge < -0.3 is 16.0 Å². The summed E-state index contributed by atoms with van der Waals surface area (Å²) in [5.74, 6) is -0.0382. The van der Waals surface area contributed by atoms with E-state index in [-0.39, 0.29) is 11.8 Å². The molecule has 0 aliphatic heterocycles. The second-order valence-electron chi connectivity index (χ2n) is 6.01. The van der Waals surface area contributed by atoms with Gasteiger partial charge in [-0.05, 0) is 43.7 Å². The van der Waals surface area contributed by atoms with Crippen molar-refractivity contribution in [3.05, 3.63) is 24.3 Å². The molecule has 5 nitrogen and oxygen atoms in total. The summed E-state index contributed by atoms with van der Waals surface area (Å²) in [6, 6.07) is 7.18. The van der Waals surface area contributed by atoms with Gasteiger partial charge in [-0.3, -0.25) is 9.59 Å². The Morgan fingerprint density at radius 1 is 0.792 bits per heavy atom. The van der Waals surface area contributed by atoms with Gasteiger partial charge in [0.15, 0.2) is 0 Å². The van der Waals surface area contributed by atoms with Crippen LogP contribution in [0.2, 0.25) is 0 Å². The number of amides is 2. The van der Waals surface area contributed by atoms with Crippen LogP contribution in [-0.2, 0) is 9.59 Å². The van der Waals surface area contributed by atoms with Crippen LogP contribution in [0.3, 0.4) is 0 Å². The fourth-order valence-corrected chi connectivity index (χ4v) is 2.35. The predicted molar refractivity (Wildman–Crippen MR) is 100 cm³/mol. The lowest BCUT2D eigenvalue weighted by Crippen LogP contribution is -2.28. The summed E-state index contributed by atoms with van der Waals surface area (Å²) in [7, 11) is 0. The zero-order valence-electron chi connectivity index (χ0n) is 15.0. The number of nitrogens with one attached hydrogen (secondary N) is 3. The molecule has 0 aromatic heterocycles. The highest BCUT2D eigenvalue weighted by atomic mass is 16.2. The van der Waals surface area contributed by atoms with Crippen LogP contribution in [0.25, 0.3) is 0 Å². The largest absolute Gasteiger partial charge is 0.326 e. The maximum atomic E-state index is 11.9. The minimum absolute atomic E-state index is 0.0115. The van der Waals surface area contributed by atoms with Gasteiger partial charge in [-0.1, -0.05) is 39.5 Å². The zero-order chi connectivity index (χ0) is 17.6. The summed E-state index contributed by atoms with van der Waals surface area (Å²) in [6.07, 6.45) is 7.47. The first-order valence-corrected chi connectivity index (χ1v) is 9.06. The molecule has 3 N–H and O–H groups in total. The number of anilines is 2. The number of hydrogen-bond donors (Lipinski definition) is 3. The van der Waals surface area contributed by atoms with E-state index < -0.39 is 0 Å². The number of benzene rings is 1. The van der Waals surface area contributed by atoms with Crippen LogP contribution in [0.4, 0.5) is 11.4 Å². The number of carbonyl (C=O) groups excluding carboxylic acids is 2. The van der Waals surface area contributed by atoms with Gasteiger partial charge in [0.2, 0.25) is 11.8 Å². The van der Waals surface area contributed by atoms with E-state index >= 15 is 0 Å². The molecule has 0 heterocycles. The molecule has 2 amide bonds. The first-order valence-electron chi connectivity index (χ1n) is 9.06. The number of rotatable bonds is 12. The van der Waals surface area contributed by atoms with Crippen molar-refractivity contribution < 1.29 is 9.59 Å². The van der Waals surface area contributed by atoms with E-state index in [4.69, 9.17) is 0 Å². The standard InChI is InChI=1S/C19H31N3O2/c1-3-5-6-7-8-14-20-15-19(24)22-17-12-10-16(11-13-17)21-18(23)9-4-2/h10-13,20H,3-9,14-15H2,1-2H3,(H,21,23)(H,22,24). The van der Waals surface area contributed by atoms with Gasteiger partial charge in [-0.2, -0.15) is 0 Å². The van der Waals surface area contributed by atoms with E-state index in [1.54, 1.807) is 24.3 Å². The maximum Gasteiger partial charge on any atom is 0.238 e. The van der Waals surface area contributed by atoms with Gasteiger partial charge in [-0.25, -0.2) is 0 Å². The molecule has 134 valence electrons. The topological polar surface area (TPSA) is 70.2 Å². The number of hydrogen-bond acceptors (Lipinski definition) is 3. The van der Waals surface area contributed by atoms with E-state index in [1.165, 1.54) is 25.7 Å². The van der Waals surface area contributed by atoms with Crippen molar-refractivity contribution in [3.8, 4) is 0 Å². The Morgan fingerprint density at radius 2 is 1.38 bits per heavy atom. The summed E-state index contributed by atoms with van der Waals surface area (Å²) >= 11 is 0. The summed E-state index contributed by atoms with van der Waals surface area (Å²) in [5.41, 5.74) is 1.48. The van der Waals surface area contributed by atoms with E-state index in [1.807, 2.05) is 6.92 Å². The monoisotopic (exact) mass is 333 g/mol. The van der Waals surface area contributed by atoms with E-state index in [0.717, 1.165) is 30.8 Å². The molecule has 0 bridgehead atoms. The van der Waals surface area contributed by atoms with E-state index in [0.29, 0.717) is 13.0 Å². The van der Waals surface area contributed by atoms with Gasteiger partial charge in [0.05, 0.1) is 6.54 Å². The van der Waals surface area contributed by atoms with Crippen LogP contribution in [0.5, 0.6) is 0 Å². The molecule has 0 radical (unpaired) electrons. The highest BCUT2D eigenvalue weighted by molar-refractivity contribution is 5.93. The first kappa shape index (κ1) is 20.2. The van der Waals surface area contributed by atoms with E-state index in [2.05, 4.69) is 22.9 Å². The molecule has 0 saturated carbocycles. The minimum Gasteiger partial charge on any atom is -0.326 e. The quantitative estimate of drug-likeness (QED) is 0.508. The van der Waals surface area contributed by atoms with Crippen LogP contribution in [0, 0.1) is 0 Å². The number of carbonyl (C=O) groups is 2. The second-order valence-corrected chi connectivity index (χ2v) is 6.01. The zero-order valence-corrected chi connectivity index (χ0v) is 15.0. The Bertz CT molecular complexity index is 486. The number of unbranched alkanes of at least 4 members (excludes halogenated alkanes) is 4. The lowest BCUT2D eigenvalue weighted by atomic mass is 10.1. The lowest BCUT2D eigenvalue weighted by Gasteiger charge is -2.08. The molecular weight excluding hydrogens is 302 g/mol. The molecule has 0 aliphatic carbocycles. The Balaban J connectivity index is 2.21. The molecule has 5 heteroatoms. The van der Waals surface area contributed by atoms with Gasteiger partial charge in [0.1, 0.15) is 0 Å². The van der Waals surface area contributed by atoms with Crippen LogP contribution in [-0.4, -0.2) is 24.9 Å². The summed E-state index contributed by atoms with van der Waals surface area (Å²) in [4.78, 5) is 23.4. The molecule has 24 heavy (non-hydrogen) atoms. The summed E-state index contributed by atoms with van der Waals surface area (Å²) < 4.78 is 0. The van der Waals surface area contributed by atoms with Crippen LogP contribution >= 0.6 is 0 Å². The molecule has 0 unspecified atom stereocenters. The average molecular weight is 333 g/mol. The van der Waals surface area contributed by atoms with E-state index in [9.17, 15) is 9.59 Å². The fraction of sp³-hybridized carbons (Fsp3) is 0.579. The molecular formula is C19H31N3O2. The predicted octanol–water partition coefficient (Wildman–Crippen LogP) is 3.92. The normalized spacial score (nSPS) is 10.4. The summed E-state index contributed by atoms with van der Waals surface area (Å²) in [5, 5.41) is 8.83. The Hall–Kier alpha value is -1.88.